The molecule has 0 aromatic rings. The Hall–Kier alpha value is -1.13. The van der Waals surface area contributed by atoms with Gasteiger partial charge in [0.1, 0.15) is 5.60 Å². The third-order valence-electron chi connectivity index (χ3n) is 2.10. The van der Waals surface area contributed by atoms with E-state index in [1.807, 2.05) is 0 Å². The zero-order valence-electron chi connectivity index (χ0n) is 10.7. The minimum Gasteiger partial charge on any atom is -0.444 e. The minimum absolute atomic E-state index is 0. The van der Waals surface area contributed by atoms with Crippen molar-refractivity contribution in [3.63, 3.8) is 0 Å². The molecule has 0 aliphatic heterocycles. The van der Waals surface area contributed by atoms with Crippen LogP contribution in [0.2, 0.25) is 0 Å². The third kappa shape index (κ3) is 9.78. The fraction of sp³-hybridized carbons (Fsp3) is 0.750. The van der Waals surface area contributed by atoms with E-state index < -0.39 is 17.6 Å². The quantitative estimate of drug-likeness (QED) is 0.664. The molecule has 1 aliphatic rings. The highest BCUT2D eigenvalue weighted by molar-refractivity contribution is 5.65. The van der Waals surface area contributed by atoms with Gasteiger partial charge in [0.15, 0.2) is 0 Å². The highest BCUT2D eigenvalue weighted by Crippen LogP contribution is 2.34. The predicted octanol–water partition coefficient (Wildman–Crippen LogP) is 3.88. The average molecular weight is 251 g/mol. The molecule has 1 fully saturated rings. The van der Waals surface area contributed by atoms with Gasteiger partial charge >= 0.3 is 6.09 Å². The Bertz CT molecular complexity index is 276. The summed E-state index contributed by atoms with van der Waals surface area (Å²) in [5.41, 5.74) is 5.24. The lowest BCUT2D eigenvalue weighted by molar-refractivity contribution is -0.0245. The van der Waals surface area contributed by atoms with Gasteiger partial charge in [-0.3, -0.25) is 0 Å². The average Bonchev–Trinajstić information content (AvgIpc) is 2.07. The SMILES string of the molecule is C=C1CCC(F)(F)CC1.CC(C)(C)OC(N)=O.[HH]. The first kappa shape index (κ1) is 15.9. The molecule has 1 aliphatic carbocycles. The van der Waals surface area contributed by atoms with Crippen LogP contribution in [0.3, 0.4) is 0 Å². The summed E-state index contributed by atoms with van der Waals surface area (Å²) >= 11 is 0. The van der Waals surface area contributed by atoms with Crippen LogP contribution in [0.4, 0.5) is 13.6 Å². The van der Waals surface area contributed by atoms with Crippen LogP contribution in [-0.2, 0) is 4.74 Å². The maximum Gasteiger partial charge on any atom is 0.405 e. The lowest BCUT2D eigenvalue weighted by atomic mass is 9.93. The number of carbonyl (C=O) groups excluding carboxylic acids is 1. The summed E-state index contributed by atoms with van der Waals surface area (Å²) in [6.07, 6.45) is 0.301. The Morgan fingerprint density at radius 2 is 1.82 bits per heavy atom. The maximum atomic E-state index is 12.3. The number of carbonyl (C=O) groups is 1. The maximum absolute atomic E-state index is 12.3. The molecule has 0 spiro atoms. The van der Waals surface area contributed by atoms with Gasteiger partial charge in [-0.15, -0.1) is 0 Å². The number of halogens is 2. The second-order valence-corrected chi connectivity index (χ2v) is 5.14. The van der Waals surface area contributed by atoms with Gasteiger partial charge < -0.3 is 10.5 Å². The van der Waals surface area contributed by atoms with Crippen molar-refractivity contribution in [2.75, 3.05) is 0 Å². The lowest BCUT2D eigenvalue weighted by Gasteiger charge is -2.22. The molecule has 0 aromatic carbocycles. The number of primary amides is 1. The van der Waals surface area contributed by atoms with Gasteiger partial charge in [-0.2, -0.15) is 0 Å². The molecule has 0 unspecified atom stereocenters. The predicted molar refractivity (Wildman–Crippen MR) is 65.1 cm³/mol. The van der Waals surface area contributed by atoms with Crippen molar-refractivity contribution in [2.45, 2.75) is 58.0 Å². The molecule has 0 bridgehead atoms. The van der Waals surface area contributed by atoms with E-state index in [2.05, 4.69) is 11.3 Å². The lowest BCUT2D eigenvalue weighted by Crippen LogP contribution is -2.27. The van der Waals surface area contributed by atoms with Gasteiger partial charge in [-0.05, 0) is 33.6 Å². The van der Waals surface area contributed by atoms with Gasteiger partial charge in [-0.25, -0.2) is 13.6 Å². The van der Waals surface area contributed by atoms with Gasteiger partial charge in [0.2, 0.25) is 5.92 Å². The molecular weight excluding hydrogens is 228 g/mol. The fourth-order valence-corrected chi connectivity index (χ4v) is 1.27. The summed E-state index contributed by atoms with van der Waals surface area (Å²) in [4.78, 5) is 10.0. The Kier molecular flexibility index (Phi) is 5.58. The highest BCUT2D eigenvalue weighted by atomic mass is 19.3. The number of nitrogens with two attached hydrogens (primary N) is 1. The number of amides is 1. The second kappa shape index (κ2) is 5.98. The molecule has 0 saturated heterocycles. The molecular formula is C12H23F2NO2. The molecule has 0 heterocycles. The van der Waals surface area contributed by atoms with Crippen molar-refractivity contribution >= 4 is 6.09 Å². The number of alkyl halides is 2. The molecule has 2 N–H and O–H groups in total. The highest BCUT2D eigenvalue weighted by Gasteiger charge is 2.31. The van der Waals surface area contributed by atoms with Crippen LogP contribution in [0.5, 0.6) is 0 Å². The Morgan fingerprint density at radius 3 is 2.00 bits per heavy atom. The van der Waals surface area contributed by atoms with E-state index in [0.717, 1.165) is 5.57 Å². The topological polar surface area (TPSA) is 52.3 Å². The van der Waals surface area contributed by atoms with Crippen LogP contribution >= 0.6 is 0 Å². The Balaban J connectivity index is 0. The molecule has 0 radical (unpaired) electrons. The van der Waals surface area contributed by atoms with E-state index in [1.54, 1.807) is 20.8 Å². The second-order valence-electron chi connectivity index (χ2n) is 5.14. The molecule has 0 atom stereocenters. The number of ether oxygens (including phenoxy) is 1. The number of hydrogen-bond acceptors (Lipinski definition) is 2. The number of rotatable bonds is 0. The fourth-order valence-electron chi connectivity index (χ4n) is 1.27. The Labute approximate surface area is 102 Å². The standard InChI is InChI=1S/C7H10F2.C5H11NO2.H2/c1-6-2-4-7(8,9)5-3-6;1-5(2,3)8-4(6)7;/h1-5H2;1-3H3,(H2,6,7);1H. The van der Waals surface area contributed by atoms with E-state index in [0.29, 0.717) is 12.8 Å². The zero-order valence-corrected chi connectivity index (χ0v) is 10.7. The van der Waals surface area contributed by atoms with Crippen molar-refractivity contribution in [1.82, 2.24) is 0 Å². The molecule has 3 nitrogen and oxygen atoms in total. The minimum atomic E-state index is -2.40. The molecule has 102 valence electrons. The van der Waals surface area contributed by atoms with E-state index in [-0.39, 0.29) is 14.3 Å². The third-order valence-corrected chi connectivity index (χ3v) is 2.10. The van der Waals surface area contributed by atoms with Crippen molar-refractivity contribution in [1.29, 1.82) is 0 Å². The zero-order chi connectivity index (χ0) is 13.7. The van der Waals surface area contributed by atoms with Crippen molar-refractivity contribution in [2.24, 2.45) is 5.73 Å². The van der Waals surface area contributed by atoms with Crippen LogP contribution in [-0.4, -0.2) is 17.6 Å². The summed E-state index contributed by atoms with van der Waals surface area (Å²) in [5.74, 6) is -2.40. The van der Waals surface area contributed by atoms with Crippen molar-refractivity contribution in [3.8, 4) is 0 Å². The molecule has 0 aromatic heterocycles. The van der Waals surface area contributed by atoms with E-state index in [4.69, 9.17) is 5.73 Å². The first-order chi connectivity index (χ1) is 7.52. The summed E-state index contributed by atoms with van der Waals surface area (Å²) in [7, 11) is 0. The van der Waals surface area contributed by atoms with Gasteiger partial charge in [0.25, 0.3) is 0 Å². The first-order valence-electron chi connectivity index (χ1n) is 5.55. The van der Waals surface area contributed by atoms with Crippen LogP contribution in [0, 0.1) is 0 Å². The van der Waals surface area contributed by atoms with Crippen molar-refractivity contribution < 1.29 is 19.7 Å². The van der Waals surface area contributed by atoms with E-state index in [9.17, 15) is 13.6 Å². The molecule has 17 heavy (non-hydrogen) atoms. The van der Waals surface area contributed by atoms with E-state index >= 15 is 0 Å². The summed E-state index contributed by atoms with van der Waals surface area (Å²) in [6.45, 7) is 8.93. The monoisotopic (exact) mass is 251 g/mol. The smallest absolute Gasteiger partial charge is 0.405 e. The normalized spacial score (nSPS) is 19.0. The molecule has 1 rings (SSSR count). The van der Waals surface area contributed by atoms with Gasteiger partial charge in [0.05, 0.1) is 0 Å². The molecule has 1 saturated carbocycles. The van der Waals surface area contributed by atoms with Crippen LogP contribution in [0.25, 0.3) is 0 Å². The Morgan fingerprint density at radius 1 is 1.41 bits per heavy atom. The van der Waals surface area contributed by atoms with Gasteiger partial charge in [0, 0.05) is 14.3 Å². The van der Waals surface area contributed by atoms with Gasteiger partial charge in [-0.1, -0.05) is 12.2 Å². The first-order valence-corrected chi connectivity index (χ1v) is 5.55. The van der Waals surface area contributed by atoms with E-state index in [1.165, 1.54) is 0 Å². The van der Waals surface area contributed by atoms with Crippen molar-refractivity contribution in [3.05, 3.63) is 12.2 Å². The number of allylic oxidation sites excluding steroid dienone is 1. The summed E-state index contributed by atoms with van der Waals surface area (Å²) in [5, 5.41) is 0. The van der Waals surface area contributed by atoms with Crippen LogP contribution in [0.15, 0.2) is 12.2 Å². The largest absolute Gasteiger partial charge is 0.444 e. The van der Waals surface area contributed by atoms with Crippen LogP contribution in [0.1, 0.15) is 47.9 Å². The van der Waals surface area contributed by atoms with Crippen LogP contribution < -0.4 is 5.73 Å². The number of hydrogen-bond donors (Lipinski definition) is 1. The summed E-state index contributed by atoms with van der Waals surface area (Å²) < 4.78 is 29.2. The molecule has 1 amide bonds. The molecule has 5 heteroatoms. The summed E-state index contributed by atoms with van der Waals surface area (Å²) in [6, 6.07) is 0.